The lowest BCUT2D eigenvalue weighted by Gasteiger charge is -2.18. The highest BCUT2D eigenvalue weighted by molar-refractivity contribution is 7.12. The van der Waals surface area contributed by atoms with E-state index >= 15 is 0 Å². The Hall–Kier alpha value is -0.890. The summed E-state index contributed by atoms with van der Waals surface area (Å²) in [5.74, 6) is 0.412. The molecule has 86 valence electrons. The fraction of sp³-hybridized carbons (Fsp3) is 0.583. The summed E-state index contributed by atoms with van der Waals surface area (Å²) < 4.78 is 0. The van der Waals surface area contributed by atoms with Crippen LogP contribution >= 0.6 is 11.3 Å². The Labute approximate surface area is 99.7 Å². The summed E-state index contributed by atoms with van der Waals surface area (Å²) in [5, 5.41) is 21.4. The lowest BCUT2D eigenvalue weighted by atomic mass is 10.1. The van der Waals surface area contributed by atoms with Gasteiger partial charge >= 0.3 is 0 Å². The zero-order chi connectivity index (χ0) is 11.4. The number of aliphatic hydroxyl groups is 1. The molecule has 0 bridgehead atoms. The van der Waals surface area contributed by atoms with Gasteiger partial charge in [-0.05, 0) is 30.9 Å². The van der Waals surface area contributed by atoms with Gasteiger partial charge in [0.1, 0.15) is 10.9 Å². The van der Waals surface area contributed by atoms with E-state index in [-0.39, 0.29) is 6.61 Å². The Bertz CT molecular complexity index is 383. The number of nitrogens with zero attached hydrogens (tertiary/aromatic N) is 1. The van der Waals surface area contributed by atoms with Gasteiger partial charge in [-0.3, -0.25) is 0 Å². The molecule has 16 heavy (non-hydrogen) atoms. The molecular formula is C12H16N2OS. The number of thiophene rings is 1. The second-order valence-electron chi connectivity index (χ2n) is 4.24. The first-order valence-corrected chi connectivity index (χ1v) is 6.48. The Kier molecular flexibility index (Phi) is 3.94. The fourth-order valence-corrected chi connectivity index (χ4v) is 3.04. The van der Waals surface area contributed by atoms with Crippen molar-refractivity contribution in [3.8, 4) is 6.07 Å². The van der Waals surface area contributed by atoms with Crippen molar-refractivity contribution >= 4 is 11.3 Å². The van der Waals surface area contributed by atoms with Crippen LogP contribution in [0.1, 0.15) is 29.0 Å². The van der Waals surface area contributed by atoms with Crippen LogP contribution in [0.4, 0.5) is 0 Å². The summed E-state index contributed by atoms with van der Waals surface area (Å²) in [6.07, 6.45) is 3.49. The summed E-state index contributed by atoms with van der Waals surface area (Å²) in [6, 6.07) is 6.45. The topological polar surface area (TPSA) is 56.0 Å². The minimum Gasteiger partial charge on any atom is -0.396 e. The van der Waals surface area contributed by atoms with Crippen LogP contribution in [-0.4, -0.2) is 17.8 Å². The molecule has 2 rings (SSSR count). The number of rotatable bonds is 4. The van der Waals surface area contributed by atoms with E-state index in [9.17, 15) is 5.11 Å². The van der Waals surface area contributed by atoms with E-state index < -0.39 is 0 Å². The molecular weight excluding hydrogens is 220 g/mol. The maximum Gasteiger partial charge on any atom is 0.110 e. The van der Waals surface area contributed by atoms with E-state index in [2.05, 4.69) is 11.4 Å². The third kappa shape index (κ3) is 2.62. The van der Waals surface area contributed by atoms with Crippen molar-refractivity contribution in [3.05, 3.63) is 21.9 Å². The van der Waals surface area contributed by atoms with E-state index in [1.165, 1.54) is 22.6 Å². The Morgan fingerprint density at radius 3 is 3.06 bits per heavy atom. The molecule has 1 fully saturated rings. The highest BCUT2D eigenvalue weighted by Gasteiger charge is 2.25. The predicted octanol–water partition coefficient (Wildman–Crippen LogP) is 1.87. The van der Waals surface area contributed by atoms with Crippen molar-refractivity contribution < 1.29 is 5.11 Å². The van der Waals surface area contributed by atoms with Gasteiger partial charge in [0.25, 0.3) is 0 Å². The maximum absolute atomic E-state index is 9.20. The van der Waals surface area contributed by atoms with Crippen molar-refractivity contribution in [2.75, 3.05) is 6.61 Å². The lowest BCUT2D eigenvalue weighted by Crippen LogP contribution is -2.33. The van der Waals surface area contributed by atoms with Crippen LogP contribution < -0.4 is 5.32 Å². The van der Waals surface area contributed by atoms with Crippen LogP contribution in [0.5, 0.6) is 0 Å². The molecule has 1 saturated carbocycles. The molecule has 0 radical (unpaired) electrons. The molecule has 2 N–H and O–H groups in total. The van der Waals surface area contributed by atoms with E-state index in [0.29, 0.717) is 12.0 Å². The molecule has 3 nitrogen and oxygen atoms in total. The lowest BCUT2D eigenvalue weighted by molar-refractivity contribution is 0.205. The van der Waals surface area contributed by atoms with Gasteiger partial charge in [-0.25, -0.2) is 0 Å². The van der Waals surface area contributed by atoms with Gasteiger partial charge < -0.3 is 10.4 Å². The Morgan fingerprint density at radius 1 is 1.50 bits per heavy atom. The van der Waals surface area contributed by atoms with Crippen LogP contribution in [0.3, 0.4) is 0 Å². The van der Waals surface area contributed by atoms with Crippen molar-refractivity contribution in [1.82, 2.24) is 5.32 Å². The van der Waals surface area contributed by atoms with Crippen LogP contribution in [0, 0.1) is 17.2 Å². The quantitative estimate of drug-likeness (QED) is 0.839. The fourth-order valence-electron chi connectivity index (χ4n) is 2.29. The van der Waals surface area contributed by atoms with Gasteiger partial charge in [-0.1, -0.05) is 6.42 Å². The van der Waals surface area contributed by atoms with Crippen molar-refractivity contribution in [2.24, 2.45) is 5.92 Å². The molecule has 4 heteroatoms. The van der Waals surface area contributed by atoms with Crippen molar-refractivity contribution in [3.63, 3.8) is 0 Å². The maximum atomic E-state index is 9.20. The minimum absolute atomic E-state index is 0.283. The average molecular weight is 236 g/mol. The molecule has 1 heterocycles. The smallest absolute Gasteiger partial charge is 0.110 e. The van der Waals surface area contributed by atoms with Gasteiger partial charge in [0.05, 0.1) is 0 Å². The molecule has 1 aromatic rings. The largest absolute Gasteiger partial charge is 0.396 e. The molecule has 0 aromatic carbocycles. The normalized spacial score (nSPS) is 24.5. The summed E-state index contributed by atoms with van der Waals surface area (Å²) in [5.41, 5.74) is 0. The summed E-state index contributed by atoms with van der Waals surface area (Å²) in [7, 11) is 0. The molecule has 0 spiro atoms. The van der Waals surface area contributed by atoms with Gasteiger partial charge in [0.15, 0.2) is 0 Å². The van der Waals surface area contributed by atoms with Crippen molar-refractivity contribution in [2.45, 2.75) is 31.8 Å². The minimum atomic E-state index is 0.283. The van der Waals surface area contributed by atoms with Crippen LogP contribution in [0.25, 0.3) is 0 Å². The predicted molar refractivity (Wildman–Crippen MR) is 64.1 cm³/mol. The Balaban J connectivity index is 1.85. The summed E-state index contributed by atoms with van der Waals surface area (Å²) in [6.45, 7) is 1.10. The molecule has 1 aromatic heterocycles. The third-order valence-corrected chi connectivity index (χ3v) is 4.19. The van der Waals surface area contributed by atoms with E-state index in [1.54, 1.807) is 0 Å². The summed E-state index contributed by atoms with van der Waals surface area (Å²) >= 11 is 1.54. The second-order valence-corrected chi connectivity index (χ2v) is 5.41. The first kappa shape index (κ1) is 11.6. The third-order valence-electron chi connectivity index (χ3n) is 3.20. The van der Waals surface area contributed by atoms with Crippen LogP contribution in [-0.2, 0) is 6.54 Å². The number of aliphatic hydroxyl groups excluding tert-OH is 1. The standard InChI is InChI=1S/C12H16N2OS/c13-6-10-4-5-11(16-10)7-14-12-3-1-2-9(12)8-15/h4-5,9,12,14-15H,1-3,7-8H2. The zero-order valence-electron chi connectivity index (χ0n) is 9.15. The first-order chi connectivity index (χ1) is 7.83. The SMILES string of the molecule is N#Cc1ccc(CNC2CCCC2CO)s1. The molecule has 2 unspecified atom stereocenters. The molecule has 0 aliphatic heterocycles. The highest BCUT2D eigenvalue weighted by atomic mass is 32.1. The van der Waals surface area contributed by atoms with Gasteiger partial charge in [0, 0.05) is 24.1 Å². The van der Waals surface area contributed by atoms with E-state index in [1.807, 2.05) is 12.1 Å². The second kappa shape index (κ2) is 5.44. The monoisotopic (exact) mass is 236 g/mol. The van der Waals surface area contributed by atoms with Crippen LogP contribution in [0.15, 0.2) is 12.1 Å². The zero-order valence-corrected chi connectivity index (χ0v) is 9.96. The number of nitrogens with one attached hydrogen (secondary N) is 1. The van der Waals surface area contributed by atoms with Crippen LogP contribution in [0.2, 0.25) is 0 Å². The van der Waals surface area contributed by atoms with Crippen molar-refractivity contribution in [1.29, 1.82) is 5.26 Å². The molecule has 1 aliphatic carbocycles. The molecule has 0 amide bonds. The average Bonchev–Trinajstić information content (AvgIpc) is 2.94. The number of hydrogen-bond donors (Lipinski definition) is 2. The van der Waals surface area contributed by atoms with Gasteiger partial charge in [0.2, 0.25) is 0 Å². The highest BCUT2D eigenvalue weighted by Crippen LogP contribution is 2.25. The van der Waals surface area contributed by atoms with Gasteiger partial charge in [-0.15, -0.1) is 11.3 Å². The Morgan fingerprint density at radius 2 is 2.38 bits per heavy atom. The first-order valence-electron chi connectivity index (χ1n) is 5.66. The summed E-state index contributed by atoms with van der Waals surface area (Å²) in [4.78, 5) is 1.96. The van der Waals surface area contributed by atoms with E-state index in [0.717, 1.165) is 24.3 Å². The molecule has 2 atom stereocenters. The molecule has 1 aliphatic rings. The number of hydrogen-bond acceptors (Lipinski definition) is 4. The number of nitriles is 1. The van der Waals surface area contributed by atoms with E-state index in [4.69, 9.17) is 5.26 Å². The van der Waals surface area contributed by atoms with Gasteiger partial charge in [-0.2, -0.15) is 5.26 Å². The molecule has 0 saturated heterocycles.